The fourth-order valence-corrected chi connectivity index (χ4v) is 3.55. The lowest BCUT2D eigenvalue weighted by molar-refractivity contribution is -0.187. The fourth-order valence-electron chi connectivity index (χ4n) is 3.25. The van der Waals surface area contributed by atoms with Crippen molar-refractivity contribution < 1.29 is 14.4 Å². The van der Waals surface area contributed by atoms with Gasteiger partial charge in [0.25, 0.3) is 0 Å². The van der Waals surface area contributed by atoms with Gasteiger partial charge in [0.2, 0.25) is 0 Å². The molecule has 0 amide bonds. The van der Waals surface area contributed by atoms with Gasteiger partial charge in [0.05, 0.1) is 12.2 Å². The Balaban J connectivity index is 1.61. The third kappa shape index (κ3) is 5.94. The van der Waals surface area contributed by atoms with Gasteiger partial charge in [0.15, 0.2) is 12.5 Å². The maximum atomic E-state index is 11.8. The van der Waals surface area contributed by atoms with Crippen molar-refractivity contribution in [3.8, 4) is 5.75 Å². The third-order valence-electron chi connectivity index (χ3n) is 4.61. The molecule has 0 aliphatic carbocycles. The van der Waals surface area contributed by atoms with Crippen molar-refractivity contribution in [1.29, 1.82) is 0 Å². The fraction of sp³-hybridized carbons (Fsp3) is 0.381. The first-order valence-electron chi connectivity index (χ1n) is 9.07. The summed E-state index contributed by atoms with van der Waals surface area (Å²) in [6.45, 7) is 3.20. The van der Waals surface area contributed by atoms with E-state index in [9.17, 15) is 4.79 Å². The van der Waals surface area contributed by atoms with Crippen LogP contribution in [0.5, 0.6) is 5.75 Å². The summed E-state index contributed by atoms with van der Waals surface area (Å²) in [5.41, 5.74) is 1.75. The van der Waals surface area contributed by atoms with Gasteiger partial charge in [-0.25, -0.2) is 0 Å². The number of benzene rings is 2. The van der Waals surface area contributed by atoms with Gasteiger partial charge >= 0.3 is 0 Å². The molecule has 1 unspecified atom stereocenters. The van der Waals surface area contributed by atoms with Crippen LogP contribution in [0.25, 0.3) is 0 Å². The molecule has 1 aliphatic heterocycles. The number of hydrogen-bond acceptors (Lipinski definition) is 4. The van der Waals surface area contributed by atoms with Crippen LogP contribution in [0.15, 0.2) is 42.5 Å². The number of Topliss-reactive ketones (excluding diaryl/α,β-unsaturated/α-hetero) is 1. The van der Waals surface area contributed by atoms with Crippen molar-refractivity contribution in [3.05, 3.63) is 63.6 Å². The van der Waals surface area contributed by atoms with E-state index >= 15 is 0 Å². The number of ketones is 1. The van der Waals surface area contributed by atoms with Crippen molar-refractivity contribution >= 4 is 29.0 Å². The topological polar surface area (TPSA) is 38.8 Å². The Bertz CT molecular complexity index is 779. The number of rotatable bonds is 6. The monoisotopic (exact) mass is 407 g/mol. The van der Waals surface area contributed by atoms with E-state index in [2.05, 4.69) is 12.1 Å². The lowest BCUT2D eigenvalue weighted by Gasteiger charge is -2.24. The molecule has 1 fully saturated rings. The summed E-state index contributed by atoms with van der Waals surface area (Å²) in [7, 11) is 0. The highest BCUT2D eigenvalue weighted by Crippen LogP contribution is 2.25. The minimum atomic E-state index is -0.0788. The molecule has 0 saturated carbocycles. The van der Waals surface area contributed by atoms with E-state index in [1.54, 1.807) is 18.2 Å². The van der Waals surface area contributed by atoms with Crippen LogP contribution in [0, 0.1) is 5.92 Å². The third-order valence-corrected chi connectivity index (χ3v) is 5.10. The molecular formula is C21H23Cl2NO3. The van der Waals surface area contributed by atoms with Gasteiger partial charge in [-0.05, 0) is 68.0 Å². The van der Waals surface area contributed by atoms with Crippen LogP contribution in [0.3, 0.4) is 0 Å². The van der Waals surface area contributed by atoms with Gasteiger partial charge in [0, 0.05) is 16.6 Å². The number of hydrogen-bond donors (Lipinski definition) is 0. The second kappa shape index (κ2) is 9.56. The molecule has 1 heterocycles. The molecule has 0 radical (unpaired) electrons. The first-order chi connectivity index (χ1) is 13.0. The molecule has 0 spiro atoms. The number of carbonyl (C=O) groups excluding carboxylic acids is 1. The van der Waals surface area contributed by atoms with Crippen LogP contribution >= 0.6 is 23.2 Å². The molecule has 2 aromatic rings. The van der Waals surface area contributed by atoms with Gasteiger partial charge in [-0.15, -0.1) is 0 Å². The van der Waals surface area contributed by atoms with Crippen LogP contribution in [0.2, 0.25) is 10.0 Å². The normalized spacial score (nSPS) is 18.1. The zero-order chi connectivity index (χ0) is 19.2. The second-order valence-electron chi connectivity index (χ2n) is 6.81. The summed E-state index contributed by atoms with van der Waals surface area (Å²) in [4.78, 5) is 17.6. The molecule has 1 saturated heterocycles. The SMILES string of the molecule is CC(=O)c1cc(Cl)ccc1OCN1CC(Cc2ccc(Cl)cc2)CCCO1. The average molecular weight is 408 g/mol. The number of nitrogens with zero attached hydrogens (tertiary/aromatic N) is 1. The van der Waals surface area contributed by atoms with Crippen molar-refractivity contribution in [2.24, 2.45) is 5.92 Å². The summed E-state index contributed by atoms with van der Waals surface area (Å²) >= 11 is 12.0. The van der Waals surface area contributed by atoms with E-state index in [1.165, 1.54) is 12.5 Å². The molecular weight excluding hydrogens is 385 g/mol. The number of ether oxygens (including phenoxy) is 1. The van der Waals surface area contributed by atoms with E-state index in [-0.39, 0.29) is 12.5 Å². The first kappa shape index (κ1) is 20.2. The minimum Gasteiger partial charge on any atom is -0.475 e. The van der Waals surface area contributed by atoms with Gasteiger partial charge in [-0.1, -0.05) is 35.3 Å². The zero-order valence-electron chi connectivity index (χ0n) is 15.3. The quantitative estimate of drug-likeness (QED) is 0.599. The highest BCUT2D eigenvalue weighted by atomic mass is 35.5. The van der Waals surface area contributed by atoms with E-state index in [1.807, 2.05) is 17.2 Å². The number of hydroxylamine groups is 2. The average Bonchev–Trinajstić information content (AvgIpc) is 2.87. The molecule has 1 aliphatic rings. The van der Waals surface area contributed by atoms with Crippen molar-refractivity contribution in [2.45, 2.75) is 26.2 Å². The summed E-state index contributed by atoms with van der Waals surface area (Å²) in [5, 5.41) is 3.11. The summed E-state index contributed by atoms with van der Waals surface area (Å²) in [6.07, 6.45) is 3.07. The van der Waals surface area contributed by atoms with E-state index in [4.69, 9.17) is 32.8 Å². The molecule has 27 heavy (non-hydrogen) atoms. The van der Waals surface area contributed by atoms with E-state index in [0.29, 0.717) is 28.9 Å². The Morgan fingerprint density at radius 1 is 1.19 bits per heavy atom. The summed E-state index contributed by atoms with van der Waals surface area (Å²) in [5.74, 6) is 0.911. The Labute approximate surface area is 169 Å². The number of carbonyl (C=O) groups is 1. The lowest BCUT2D eigenvalue weighted by atomic mass is 9.95. The van der Waals surface area contributed by atoms with Crippen molar-refractivity contribution in [3.63, 3.8) is 0 Å². The Morgan fingerprint density at radius 2 is 1.93 bits per heavy atom. The summed E-state index contributed by atoms with van der Waals surface area (Å²) < 4.78 is 5.87. The Kier molecular flexibility index (Phi) is 7.13. The molecule has 1 atom stereocenters. The molecule has 3 rings (SSSR count). The van der Waals surface area contributed by atoms with Crippen LogP contribution in [-0.2, 0) is 11.3 Å². The van der Waals surface area contributed by atoms with Gasteiger partial charge < -0.3 is 4.74 Å². The Hall–Kier alpha value is -1.59. The molecule has 144 valence electrons. The molecule has 0 bridgehead atoms. The maximum Gasteiger partial charge on any atom is 0.164 e. The van der Waals surface area contributed by atoms with Crippen LogP contribution in [0.4, 0.5) is 0 Å². The van der Waals surface area contributed by atoms with Gasteiger partial charge in [0.1, 0.15) is 5.75 Å². The largest absolute Gasteiger partial charge is 0.475 e. The van der Waals surface area contributed by atoms with Crippen LogP contribution in [0.1, 0.15) is 35.7 Å². The van der Waals surface area contributed by atoms with Crippen molar-refractivity contribution in [1.82, 2.24) is 5.06 Å². The molecule has 6 heteroatoms. The Morgan fingerprint density at radius 3 is 2.67 bits per heavy atom. The maximum absolute atomic E-state index is 11.8. The predicted molar refractivity (Wildman–Crippen MR) is 107 cm³/mol. The van der Waals surface area contributed by atoms with Gasteiger partial charge in [-0.3, -0.25) is 9.63 Å². The van der Waals surface area contributed by atoms with E-state index < -0.39 is 0 Å². The zero-order valence-corrected chi connectivity index (χ0v) is 16.8. The highest BCUT2D eigenvalue weighted by Gasteiger charge is 2.20. The smallest absolute Gasteiger partial charge is 0.164 e. The van der Waals surface area contributed by atoms with E-state index in [0.717, 1.165) is 30.8 Å². The lowest BCUT2D eigenvalue weighted by Crippen LogP contribution is -2.32. The van der Waals surface area contributed by atoms with Crippen molar-refractivity contribution in [2.75, 3.05) is 19.9 Å². The van der Waals surface area contributed by atoms with Crippen LogP contribution < -0.4 is 4.74 Å². The minimum absolute atomic E-state index is 0.0788. The highest BCUT2D eigenvalue weighted by molar-refractivity contribution is 6.31. The number of halogens is 2. The molecule has 0 aromatic heterocycles. The summed E-state index contributed by atoms with van der Waals surface area (Å²) in [6, 6.07) is 13.1. The molecule has 0 N–H and O–H groups in total. The predicted octanol–water partition coefficient (Wildman–Crippen LogP) is 5.42. The van der Waals surface area contributed by atoms with Gasteiger partial charge in [-0.2, -0.15) is 5.06 Å². The van der Waals surface area contributed by atoms with Crippen LogP contribution in [-0.4, -0.2) is 30.7 Å². The standard InChI is InChI=1S/C21H23Cl2NO3/c1-15(25)20-12-19(23)8-9-21(20)26-14-24-13-17(3-2-10-27-24)11-16-4-6-18(22)7-5-16/h4-9,12,17H,2-3,10-11,13-14H2,1H3. The molecule has 2 aromatic carbocycles. The molecule has 4 nitrogen and oxygen atoms in total. The first-order valence-corrected chi connectivity index (χ1v) is 9.82. The second-order valence-corrected chi connectivity index (χ2v) is 7.68.